The van der Waals surface area contributed by atoms with E-state index in [0.717, 1.165) is 30.1 Å². The Bertz CT molecular complexity index is 436. The summed E-state index contributed by atoms with van der Waals surface area (Å²) in [5.74, 6) is 1.15. The molecule has 1 amide bonds. The summed E-state index contributed by atoms with van der Waals surface area (Å²) in [6.07, 6.45) is 0. The molecule has 0 aliphatic carbocycles. The highest BCUT2D eigenvalue weighted by Gasteiger charge is 2.26. The first-order valence-electron chi connectivity index (χ1n) is 6.33. The van der Waals surface area contributed by atoms with Crippen LogP contribution in [0.5, 0.6) is 0 Å². The lowest BCUT2D eigenvalue weighted by Gasteiger charge is -2.32. The van der Waals surface area contributed by atoms with Gasteiger partial charge in [0.05, 0.1) is 5.92 Å². The van der Waals surface area contributed by atoms with Crippen molar-refractivity contribution in [1.82, 2.24) is 4.90 Å². The quantitative estimate of drug-likeness (QED) is 0.834. The molecule has 1 saturated heterocycles. The smallest absolute Gasteiger partial charge is 0.229 e. The fraction of sp³-hybridized carbons (Fsp3) is 0.500. The van der Waals surface area contributed by atoms with Crippen molar-refractivity contribution < 1.29 is 4.79 Å². The topological polar surface area (TPSA) is 46.3 Å². The van der Waals surface area contributed by atoms with Crippen LogP contribution in [-0.2, 0) is 4.79 Å². The molecule has 1 aliphatic rings. The van der Waals surface area contributed by atoms with Gasteiger partial charge in [0.15, 0.2) is 0 Å². The minimum atomic E-state index is -0.108. The van der Waals surface area contributed by atoms with Crippen LogP contribution < -0.4 is 5.73 Å². The van der Waals surface area contributed by atoms with Crippen molar-refractivity contribution in [3.05, 3.63) is 29.8 Å². The number of thioether (sulfide) groups is 1. The summed E-state index contributed by atoms with van der Waals surface area (Å²) in [7, 11) is 0. The van der Waals surface area contributed by atoms with E-state index >= 15 is 0 Å². The van der Waals surface area contributed by atoms with Gasteiger partial charge in [-0.2, -0.15) is 11.8 Å². The van der Waals surface area contributed by atoms with Crippen molar-refractivity contribution in [3.63, 3.8) is 0 Å². The van der Waals surface area contributed by atoms with Crippen LogP contribution in [0.1, 0.15) is 25.3 Å². The first-order valence-corrected chi connectivity index (χ1v) is 7.38. The molecule has 0 spiro atoms. The molecule has 2 rings (SSSR count). The summed E-state index contributed by atoms with van der Waals surface area (Å²) < 4.78 is 0. The van der Waals surface area contributed by atoms with Gasteiger partial charge in [-0.3, -0.25) is 4.79 Å². The number of nitrogens with zero attached hydrogens (tertiary/aromatic N) is 1. The lowest BCUT2D eigenvalue weighted by Crippen LogP contribution is -2.42. The van der Waals surface area contributed by atoms with Crippen LogP contribution in [0, 0.1) is 0 Å². The Kier molecular flexibility index (Phi) is 4.17. The molecule has 3 nitrogen and oxygen atoms in total. The van der Waals surface area contributed by atoms with E-state index in [1.54, 1.807) is 0 Å². The van der Waals surface area contributed by atoms with Crippen LogP contribution in [-0.4, -0.2) is 34.9 Å². The maximum atomic E-state index is 12.4. The highest BCUT2D eigenvalue weighted by atomic mass is 32.2. The summed E-state index contributed by atoms with van der Waals surface area (Å²) in [5.41, 5.74) is 7.49. The van der Waals surface area contributed by atoms with Gasteiger partial charge in [-0.25, -0.2) is 0 Å². The van der Waals surface area contributed by atoms with Crippen molar-refractivity contribution in [1.29, 1.82) is 0 Å². The van der Waals surface area contributed by atoms with Gasteiger partial charge in [-0.05, 0) is 24.6 Å². The van der Waals surface area contributed by atoms with Crippen LogP contribution in [0.15, 0.2) is 24.3 Å². The van der Waals surface area contributed by atoms with E-state index in [9.17, 15) is 4.79 Å². The van der Waals surface area contributed by atoms with Gasteiger partial charge in [0.2, 0.25) is 5.91 Å². The number of amides is 1. The van der Waals surface area contributed by atoms with Crippen molar-refractivity contribution in [2.75, 3.05) is 24.6 Å². The molecule has 0 aromatic heterocycles. The van der Waals surface area contributed by atoms with E-state index in [2.05, 4.69) is 6.92 Å². The van der Waals surface area contributed by atoms with Crippen LogP contribution in [0.25, 0.3) is 0 Å². The summed E-state index contributed by atoms with van der Waals surface area (Å²) in [6, 6.07) is 7.62. The van der Waals surface area contributed by atoms with E-state index in [1.165, 1.54) is 0 Å². The highest BCUT2D eigenvalue weighted by Crippen LogP contribution is 2.24. The second kappa shape index (κ2) is 5.65. The lowest BCUT2D eigenvalue weighted by atomic mass is 9.99. The van der Waals surface area contributed by atoms with Gasteiger partial charge < -0.3 is 10.6 Å². The van der Waals surface area contributed by atoms with Crippen molar-refractivity contribution >= 4 is 23.4 Å². The number of anilines is 1. The number of hydrogen-bond donors (Lipinski definition) is 1. The molecule has 1 heterocycles. The average molecular weight is 264 g/mol. The molecule has 1 aliphatic heterocycles. The van der Waals surface area contributed by atoms with Crippen LogP contribution in [0.3, 0.4) is 0 Å². The predicted octanol–water partition coefficient (Wildman–Crippen LogP) is 2.34. The molecule has 1 fully saturated rings. The molecule has 0 saturated carbocycles. The Morgan fingerprint density at radius 3 is 3.00 bits per heavy atom. The molecule has 18 heavy (non-hydrogen) atoms. The number of hydrogen-bond acceptors (Lipinski definition) is 3. The fourth-order valence-corrected chi connectivity index (χ4v) is 3.28. The molecule has 0 radical (unpaired) electrons. The minimum absolute atomic E-state index is 0.108. The maximum Gasteiger partial charge on any atom is 0.229 e. The zero-order valence-electron chi connectivity index (χ0n) is 10.9. The minimum Gasteiger partial charge on any atom is -0.399 e. The standard InChI is InChI=1S/C14H20N2OS/c1-10-9-16(6-7-18-10)14(17)11(2)12-4-3-5-13(15)8-12/h3-5,8,10-11H,6-7,9,15H2,1-2H3. The van der Waals surface area contributed by atoms with Gasteiger partial charge in [0, 0.05) is 29.8 Å². The van der Waals surface area contributed by atoms with Gasteiger partial charge in [0.1, 0.15) is 0 Å². The zero-order chi connectivity index (χ0) is 13.1. The number of nitrogen functional groups attached to an aromatic ring is 1. The van der Waals surface area contributed by atoms with Gasteiger partial charge in [-0.15, -0.1) is 0 Å². The second-order valence-electron chi connectivity index (χ2n) is 4.86. The number of nitrogens with two attached hydrogens (primary N) is 1. The molecular weight excluding hydrogens is 244 g/mol. The molecule has 1 aromatic carbocycles. The van der Waals surface area contributed by atoms with E-state index in [0.29, 0.717) is 5.25 Å². The first kappa shape index (κ1) is 13.3. The van der Waals surface area contributed by atoms with Gasteiger partial charge >= 0.3 is 0 Å². The molecule has 2 atom stereocenters. The number of carbonyl (C=O) groups excluding carboxylic acids is 1. The SMILES string of the molecule is CC1CN(C(=O)C(C)c2cccc(N)c2)CCS1. The Morgan fingerprint density at radius 1 is 1.56 bits per heavy atom. The number of benzene rings is 1. The Morgan fingerprint density at radius 2 is 2.33 bits per heavy atom. The van der Waals surface area contributed by atoms with Crippen LogP contribution in [0.4, 0.5) is 5.69 Å². The number of rotatable bonds is 2. The highest BCUT2D eigenvalue weighted by molar-refractivity contribution is 7.99. The molecule has 2 unspecified atom stereocenters. The first-order chi connectivity index (χ1) is 8.58. The largest absolute Gasteiger partial charge is 0.399 e. The predicted molar refractivity (Wildman–Crippen MR) is 77.8 cm³/mol. The van der Waals surface area contributed by atoms with Gasteiger partial charge in [-0.1, -0.05) is 19.1 Å². The van der Waals surface area contributed by atoms with Crippen molar-refractivity contribution in [3.8, 4) is 0 Å². The summed E-state index contributed by atoms with van der Waals surface area (Å²) in [4.78, 5) is 14.4. The second-order valence-corrected chi connectivity index (χ2v) is 6.40. The maximum absolute atomic E-state index is 12.4. The molecule has 0 bridgehead atoms. The van der Waals surface area contributed by atoms with Crippen molar-refractivity contribution in [2.24, 2.45) is 0 Å². The van der Waals surface area contributed by atoms with Crippen LogP contribution >= 0.6 is 11.8 Å². The monoisotopic (exact) mass is 264 g/mol. The number of carbonyl (C=O) groups is 1. The van der Waals surface area contributed by atoms with E-state index < -0.39 is 0 Å². The van der Waals surface area contributed by atoms with Crippen LogP contribution in [0.2, 0.25) is 0 Å². The van der Waals surface area contributed by atoms with Gasteiger partial charge in [0.25, 0.3) is 0 Å². The average Bonchev–Trinajstić information content (AvgIpc) is 2.37. The fourth-order valence-electron chi connectivity index (χ4n) is 2.26. The third kappa shape index (κ3) is 2.99. The Hall–Kier alpha value is -1.16. The third-order valence-electron chi connectivity index (χ3n) is 3.33. The molecule has 1 aromatic rings. The molecular formula is C14H20N2OS. The van der Waals surface area contributed by atoms with E-state index in [4.69, 9.17) is 5.73 Å². The summed E-state index contributed by atoms with van der Waals surface area (Å²) in [6.45, 7) is 5.86. The molecule has 98 valence electrons. The zero-order valence-corrected chi connectivity index (χ0v) is 11.7. The molecule has 2 N–H and O–H groups in total. The van der Waals surface area contributed by atoms with Crippen molar-refractivity contribution in [2.45, 2.75) is 25.0 Å². The molecule has 4 heteroatoms. The van der Waals surface area contributed by atoms with E-state index in [1.807, 2.05) is 47.9 Å². The third-order valence-corrected chi connectivity index (χ3v) is 4.47. The summed E-state index contributed by atoms with van der Waals surface area (Å²) >= 11 is 1.94. The normalized spacial score (nSPS) is 21.7. The Balaban J connectivity index is 2.08. The summed E-state index contributed by atoms with van der Waals surface area (Å²) in [5, 5.41) is 0.538. The Labute approximate surface area is 113 Å². The lowest BCUT2D eigenvalue weighted by molar-refractivity contribution is -0.132. The van der Waals surface area contributed by atoms with E-state index in [-0.39, 0.29) is 11.8 Å².